The Bertz CT molecular complexity index is 337. The van der Waals surface area contributed by atoms with Crippen LogP contribution in [0.15, 0.2) is 16.9 Å². The molecule has 0 radical (unpaired) electrons. The van der Waals surface area contributed by atoms with Crippen molar-refractivity contribution in [2.75, 3.05) is 0 Å². The van der Waals surface area contributed by atoms with E-state index >= 15 is 0 Å². The fourth-order valence-corrected chi connectivity index (χ4v) is 0.772. The summed E-state index contributed by atoms with van der Waals surface area (Å²) in [6.07, 6.45) is 3.04. The molecule has 0 fully saturated rings. The third-order valence-electron chi connectivity index (χ3n) is 1.22. The molecule has 0 aliphatic rings. The number of oxazole rings is 1. The zero-order valence-electron chi connectivity index (χ0n) is 5.90. The van der Waals surface area contributed by atoms with Crippen molar-refractivity contribution in [1.29, 1.82) is 0 Å². The van der Waals surface area contributed by atoms with Crippen LogP contribution in [0.3, 0.4) is 0 Å². The maximum atomic E-state index is 4.98. The van der Waals surface area contributed by atoms with Gasteiger partial charge in [0.2, 0.25) is 5.82 Å². The second-order valence-corrected chi connectivity index (χ2v) is 2.08. The molecule has 0 spiro atoms. The molecule has 5 nitrogen and oxygen atoms in total. The van der Waals surface area contributed by atoms with Crippen LogP contribution in [0.2, 0.25) is 0 Å². The number of nitrogens with zero attached hydrogens (tertiary/aromatic N) is 3. The lowest BCUT2D eigenvalue weighted by Gasteiger charge is -1.80. The Morgan fingerprint density at radius 3 is 3.00 bits per heavy atom. The van der Waals surface area contributed by atoms with Gasteiger partial charge in [-0.2, -0.15) is 0 Å². The van der Waals surface area contributed by atoms with E-state index in [1.165, 1.54) is 6.26 Å². The Morgan fingerprint density at radius 2 is 2.45 bits per heavy atom. The van der Waals surface area contributed by atoms with Crippen molar-refractivity contribution in [3.05, 3.63) is 18.3 Å². The Labute approximate surface area is 62.5 Å². The number of aromatic amines is 1. The summed E-state index contributed by atoms with van der Waals surface area (Å²) in [5.41, 5.74) is 0. The van der Waals surface area contributed by atoms with Crippen LogP contribution in [0, 0.1) is 6.92 Å². The van der Waals surface area contributed by atoms with Crippen LogP contribution >= 0.6 is 0 Å². The molecule has 2 aromatic heterocycles. The van der Waals surface area contributed by atoms with E-state index in [1.807, 2.05) is 6.92 Å². The van der Waals surface area contributed by atoms with Gasteiger partial charge in [-0.1, -0.05) is 0 Å². The molecule has 2 aromatic rings. The van der Waals surface area contributed by atoms with Gasteiger partial charge in [0.15, 0.2) is 0 Å². The Balaban J connectivity index is 2.45. The molecule has 2 rings (SSSR count). The first-order chi connectivity index (χ1) is 5.36. The van der Waals surface area contributed by atoms with E-state index in [1.54, 1.807) is 6.20 Å². The number of nitrogens with one attached hydrogen (secondary N) is 1. The second kappa shape index (κ2) is 2.19. The monoisotopic (exact) mass is 150 g/mol. The molecular formula is C6H6N4O. The maximum Gasteiger partial charge on any atom is 0.266 e. The van der Waals surface area contributed by atoms with E-state index in [2.05, 4.69) is 20.2 Å². The number of hydrogen-bond donors (Lipinski definition) is 1. The van der Waals surface area contributed by atoms with Crippen molar-refractivity contribution in [2.45, 2.75) is 6.92 Å². The molecule has 11 heavy (non-hydrogen) atoms. The smallest absolute Gasteiger partial charge is 0.266 e. The van der Waals surface area contributed by atoms with Crippen molar-refractivity contribution in [3.63, 3.8) is 0 Å². The number of H-pyrrole nitrogens is 1. The molecule has 0 saturated carbocycles. The first kappa shape index (κ1) is 6.09. The van der Waals surface area contributed by atoms with Gasteiger partial charge in [-0.05, 0) is 6.92 Å². The van der Waals surface area contributed by atoms with Gasteiger partial charge in [0.1, 0.15) is 12.1 Å². The summed E-state index contributed by atoms with van der Waals surface area (Å²) in [5.74, 6) is 1.68. The minimum Gasteiger partial charge on any atom is -0.442 e. The minimum atomic E-state index is 0.439. The lowest BCUT2D eigenvalue weighted by atomic mass is 10.6. The van der Waals surface area contributed by atoms with Gasteiger partial charge in [-0.15, -0.1) is 5.10 Å². The summed E-state index contributed by atoms with van der Waals surface area (Å²) < 4.78 is 4.98. The molecule has 0 unspecified atom stereocenters. The van der Waals surface area contributed by atoms with Gasteiger partial charge in [-0.25, -0.2) is 9.97 Å². The molecule has 2 heterocycles. The zero-order valence-corrected chi connectivity index (χ0v) is 5.90. The predicted molar refractivity (Wildman–Crippen MR) is 36.6 cm³/mol. The van der Waals surface area contributed by atoms with Gasteiger partial charge >= 0.3 is 0 Å². The highest BCUT2D eigenvalue weighted by molar-refractivity contribution is 5.38. The van der Waals surface area contributed by atoms with Crippen LogP contribution in [0.25, 0.3) is 11.7 Å². The first-order valence-corrected chi connectivity index (χ1v) is 3.15. The molecule has 0 atom stereocenters. The van der Waals surface area contributed by atoms with E-state index in [0.29, 0.717) is 11.7 Å². The van der Waals surface area contributed by atoms with Crippen LogP contribution in [0.4, 0.5) is 0 Å². The lowest BCUT2D eigenvalue weighted by Crippen LogP contribution is -1.78. The second-order valence-electron chi connectivity index (χ2n) is 2.08. The molecule has 0 saturated heterocycles. The Morgan fingerprint density at radius 1 is 1.55 bits per heavy atom. The minimum absolute atomic E-state index is 0.439. The average Bonchev–Trinajstić information content (AvgIpc) is 2.55. The predicted octanol–water partition coefficient (Wildman–Crippen LogP) is 0.768. The van der Waals surface area contributed by atoms with Gasteiger partial charge in [0.05, 0.1) is 6.20 Å². The van der Waals surface area contributed by atoms with Crippen molar-refractivity contribution in [1.82, 2.24) is 20.2 Å². The largest absolute Gasteiger partial charge is 0.442 e. The third-order valence-corrected chi connectivity index (χ3v) is 1.22. The molecular weight excluding hydrogens is 144 g/mol. The van der Waals surface area contributed by atoms with E-state index in [4.69, 9.17) is 4.42 Å². The van der Waals surface area contributed by atoms with E-state index < -0.39 is 0 Å². The fraction of sp³-hybridized carbons (Fsp3) is 0.167. The number of hydrogen-bond acceptors (Lipinski definition) is 4. The molecule has 0 bridgehead atoms. The third kappa shape index (κ3) is 1.000. The quantitative estimate of drug-likeness (QED) is 0.651. The van der Waals surface area contributed by atoms with Crippen molar-refractivity contribution >= 4 is 0 Å². The van der Waals surface area contributed by atoms with Gasteiger partial charge < -0.3 is 4.42 Å². The topological polar surface area (TPSA) is 67.6 Å². The van der Waals surface area contributed by atoms with Crippen LogP contribution < -0.4 is 0 Å². The van der Waals surface area contributed by atoms with Gasteiger partial charge in [0, 0.05) is 0 Å². The van der Waals surface area contributed by atoms with E-state index in [9.17, 15) is 0 Å². The molecule has 0 amide bonds. The standard InChI is InChI=1S/C6H6N4O/c1-4-8-5(10-9-4)6-7-2-3-11-6/h2-3H,1H3,(H,8,9,10). The summed E-state index contributed by atoms with van der Waals surface area (Å²) in [7, 11) is 0. The fourth-order valence-electron chi connectivity index (χ4n) is 0.772. The number of rotatable bonds is 1. The van der Waals surface area contributed by atoms with Crippen LogP contribution in [0.5, 0.6) is 0 Å². The molecule has 1 N–H and O–H groups in total. The average molecular weight is 150 g/mol. The summed E-state index contributed by atoms with van der Waals surface area (Å²) in [5, 5.41) is 6.56. The summed E-state index contributed by atoms with van der Waals surface area (Å²) in [6, 6.07) is 0. The Hall–Kier alpha value is -1.65. The number of aryl methyl sites for hydroxylation is 1. The highest BCUT2D eigenvalue weighted by Gasteiger charge is 2.06. The van der Waals surface area contributed by atoms with Crippen LogP contribution in [-0.4, -0.2) is 20.2 Å². The summed E-state index contributed by atoms with van der Waals surface area (Å²) in [4.78, 5) is 7.92. The molecule has 56 valence electrons. The first-order valence-electron chi connectivity index (χ1n) is 3.15. The highest BCUT2D eigenvalue weighted by atomic mass is 16.3. The SMILES string of the molecule is Cc1nc(-c2ncco2)n[nH]1. The van der Waals surface area contributed by atoms with Crippen molar-refractivity contribution in [3.8, 4) is 11.7 Å². The van der Waals surface area contributed by atoms with Gasteiger partial charge in [0.25, 0.3) is 5.89 Å². The summed E-state index contributed by atoms with van der Waals surface area (Å²) in [6.45, 7) is 1.82. The van der Waals surface area contributed by atoms with Crippen LogP contribution in [0.1, 0.15) is 5.82 Å². The Kier molecular flexibility index (Phi) is 1.21. The van der Waals surface area contributed by atoms with Crippen molar-refractivity contribution < 1.29 is 4.42 Å². The molecule has 0 aliphatic heterocycles. The maximum absolute atomic E-state index is 4.98. The zero-order chi connectivity index (χ0) is 7.68. The molecule has 0 aromatic carbocycles. The van der Waals surface area contributed by atoms with Crippen molar-refractivity contribution in [2.24, 2.45) is 0 Å². The van der Waals surface area contributed by atoms with E-state index in [0.717, 1.165) is 5.82 Å². The normalized spacial score (nSPS) is 10.3. The molecule has 0 aliphatic carbocycles. The summed E-state index contributed by atoms with van der Waals surface area (Å²) >= 11 is 0. The number of aromatic nitrogens is 4. The molecule has 5 heteroatoms. The van der Waals surface area contributed by atoms with Gasteiger partial charge in [-0.3, -0.25) is 5.10 Å². The lowest BCUT2D eigenvalue weighted by molar-refractivity contribution is 0.569. The van der Waals surface area contributed by atoms with Crippen LogP contribution in [-0.2, 0) is 0 Å². The van der Waals surface area contributed by atoms with E-state index in [-0.39, 0.29) is 0 Å². The highest BCUT2D eigenvalue weighted by Crippen LogP contribution is 2.09.